The first-order valence-corrected chi connectivity index (χ1v) is 12.2. The Labute approximate surface area is 204 Å². The molecule has 3 aromatic carbocycles. The minimum absolute atomic E-state index is 0.00581. The molecule has 1 atom stereocenters. The van der Waals surface area contributed by atoms with Crippen LogP contribution in [0.1, 0.15) is 47.6 Å². The lowest BCUT2D eigenvalue weighted by atomic mass is 10.0. The second kappa shape index (κ2) is 12.7. The first kappa shape index (κ1) is 25.2. The van der Waals surface area contributed by atoms with Gasteiger partial charge in [0.15, 0.2) is 0 Å². The maximum Gasteiger partial charge on any atom is 0.243 e. The fourth-order valence-electron chi connectivity index (χ4n) is 3.96. The summed E-state index contributed by atoms with van der Waals surface area (Å²) in [6.45, 7) is 7.14. The Kier molecular flexibility index (Phi) is 9.45. The quantitative estimate of drug-likeness (QED) is 0.420. The molecule has 0 radical (unpaired) electrons. The monoisotopic (exact) mass is 456 g/mol. The summed E-state index contributed by atoms with van der Waals surface area (Å²) in [5, 5.41) is 3.03. The Morgan fingerprint density at radius 2 is 1.38 bits per heavy atom. The summed E-state index contributed by atoms with van der Waals surface area (Å²) in [5.41, 5.74) is 5.56. The van der Waals surface area contributed by atoms with Crippen molar-refractivity contribution in [2.24, 2.45) is 0 Å². The number of rotatable bonds is 11. The topological polar surface area (TPSA) is 49.4 Å². The van der Waals surface area contributed by atoms with E-state index in [-0.39, 0.29) is 11.8 Å². The Morgan fingerprint density at radius 1 is 0.794 bits per heavy atom. The standard InChI is InChI=1S/C30H36N2O2/c1-4-20-31-30(34)28(21-26-8-6-5-7-9-26)32(22-27-16-12-24(3)13-17-27)29(33)19-18-25-14-10-23(2)11-15-25/h5-17,28H,4,18-22H2,1-3H3,(H,31,34)/t28-/m1/s1. The largest absolute Gasteiger partial charge is 0.354 e. The smallest absolute Gasteiger partial charge is 0.243 e. The third-order valence-corrected chi connectivity index (χ3v) is 6.04. The van der Waals surface area contributed by atoms with Crippen LogP contribution in [0.25, 0.3) is 0 Å². The van der Waals surface area contributed by atoms with E-state index in [1.54, 1.807) is 4.90 Å². The first-order valence-electron chi connectivity index (χ1n) is 12.2. The Bertz CT molecular complexity index is 1040. The van der Waals surface area contributed by atoms with E-state index in [1.165, 1.54) is 11.1 Å². The van der Waals surface area contributed by atoms with Crippen LogP contribution in [-0.4, -0.2) is 29.3 Å². The number of aryl methyl sites for hydroxylation is 3. The molecule has 2 amide bonds. The van der Waals surface area contributed by atoms with Crippen LogP contribution in [0.5, 0.6) is 0 Å². The Morgan fingerprint density at radius 3 is 1.97 bits per heavy atom. The summed E-state index contributed by atoms with van der Waals surface area (Å²) >= 11 is 0. The van der Waals surface area contributed by atoms with Crippen molar-refractivity contribution in [3.63, 3.8) is 0 Å². The van der Waals surface area contributed by atoms with E-state index in [2.05, 4.69) is 36.5 Å². The zero-order valence-electron chi connectivity index (χ0n) is 20.6. The highest BCUT2D eigenvalue weighted by Gasteiger charge is 2.30. The highest BCUT2D eigenvalue weighted by Crippen LogP contribution is 2.17. The number of amides is 2. The van der Waals surface area contributed by atoms with E-state index in [9.17, 15) is 9.59 Å². The fraction of sp³-hybridized carbons (Fsp3) is 0.333. The zero-order chi connectivity index (χ0) is 24.3. The molecule has 3 rings (SSSR count). The Hall–Kier alpha value is -3.40. The van der Waals surface area contributed by atoms with E-state index in [0.717, 1.165) is 23.1 Å². The van der Waals surface area contributed by atoms with E-state index in [0.29, 0.717) is 32.4 Å². The van der Waals surface area contributed by atoms with Gasteiger partial charge in [0.25, 0.3) is 0 Å². The van der Waals surface area contributed by atoms with Gasteiger partial charge in [-0.2, -0.15) is 0 Å². The fourth-order valence-corrected chi connectivity index (χ4v) is 3.96. The zero-order valence-corrected chi connectivity index (χ0v) is 20.6. The predicted molar refractivity (Wildman–Crippen MR) is 138 cm³/mol. The average Bonchev–Trinajstić information content (AvgIpc) is 2.86. The lowest BCUT2D eigenvalue weighted by molar-refractivity contribution is -0.141. The van der Waals surface area contributed by atoms with E-state index in [4.69, 9.17) is 0 Å². The van der Waals surface area contributed by atoms with Crippen molar-refractivity contribution in [1.82, 2.24) is 10.2 Å². The molecular formula is C30H36N2O2. The van der Waals surface area contributed by atoms with Gasteiger partial charge in [-0.15, -0.1) is 0 Å². The van der Waals surface area contributed by atoms with Crippen molar-refractivity contribution in [2.75, 3.05) is 6.54 Å². The van der Waals surface area contributed by atoms with E-state index >= 15 is 0 Å². The molecule has 0 aliphatic heterocycles. The number of hydrogen-bond acceptors (Lipinski definition) is 2. The molecule has 0 fully saturated rings. The van der Waals surface area contributed by atoms with Crippen LogP contribution in [0.4, 0.5) is 0 Å². The second-order valence-corrected chi connectivity index (χ2v) is 8.99. The molecule has 0 aliphatic carbocycles. The van der Waals surface area contributed by atoms with Gasteiger partial charge in [0.05, 0.1) is 0 Å². The lowest BCUT2D eigenvalue weighted by Gasteiger charge is -2.31. The first-order chi connectivity index (χ1) is 16.5. The van der Waals surface area contributed by atoms with Gasteiger partial charge in [0.2, 0.25) is 11.8 Å². The Balaban J connectivity index is 1.87. The minimum atomic E-state index is -0.569. The third-order valence-electron chi connectivity index (χ3n) is 6.04. The second-order valence-electron chi connectivity index (χ2n) is 8.99. The summed E-state index contributed by atoms with van der Waals surface area (Å²) in [6, 6.07) is 25.8. The molecule has 178 valence electrons. The number of hydrogen-bond donors (Lipinski definition) is 1. The van der Waals surface area contributed by atoms with Crippen molar-refractivity contribution >= 4 is 11.8 Å². The SMILES string of the molecule is CCCNC(=O)[C@@H](Cc1ccccc1)N(Cc1ccc(C)cc1)C(=O)CCc1ccc(C)cc1. The summed E-state index contributed by atoms with van der Waals surface area (Å²) < 4.78 is 0. The van der Waals surface area contributed by atoms with Crippen LogP contribution < -0.4 is 5.32 Å². The molecular weight excluding hydrogens is 420 g/mol. The van der Waals surface area contributed by atoms with Crippen LogP contribution >= 0.6 is 0 Å². The number of benzene rings is 3. The number of carbonyl (C=O) groups excluding carboxylic acids is 2. The molecule has 34 heavy (non-hydrogen) atoms. The van der Waals surface area contributed by atoms with Crippen LogP contribution in [-0.2, 0) is 29.0 Å². The molecule has 0 saturated carbocycles. The van der Waals surface area contributed by atoms with Crippen molar-refractivity contribution in [3.05, 3.63) is 107 Å². The molecule has 3 aromatic rings. The van der Waals surface area contributed by atoms with Gasteiger partial charge in [-0.25, -0.2) is 0 Å². The number of carbonyl (C=O) groups is 2. The molecule has 1 N–H and O–H groups in total. The third kappa shape index (κ3) is 7.58. The van der Waals surface area contributed by atoms with Gasteiger partial charge in [0, 0.05) is 25.9 Å². The molecule has 0 spiro atoms. The molecule has 0 heterocycles. The van der Waals surface area contributed by atoms with Gasteiger partial charge in [-0.3, -0.25) is 9.59 Å². The summed E-state index contributed by atoms with van der Waals surface area (Å²) in [7, 11) is 0. The van der Waals surface area contributed by atoms with Crippen molar-refractivity contribution in [3.8, 4) is 0 Å². The lowest BCUT2D eigenvalue weighted by Crippen LogP contribution is -2.50. The molecule has 0 aliphatic rings. The maximum absolute atomic E-state index is 13.6. The molecule has 4 nitrogen and oxygen atoms in total. The van der Waals surface area contributed by atoms with Gasteiger partial charge >= 0.3 is 0 Å². The maximum atomic E-state index is 13.6. The average molecular weight is 457 g/mol. The molecule has 4 heteroatoms. The van der Waals surface area contributed by atoms with Crippen LogP contribution in [0.2, 0.25) is 0 Å². The summed E-state index contributed by atoms with van der Waals surface area (Å²) in [5.74, 6) is -0.102. The van der Waals surface area contributed by atoms with Gasteiger partial charge in [-0.05, 0) is 43.4 Å². The molecule has 0 bridgehead atoms. The van der Waals surface area contributed by atoms with Crippen molar-refractivity contribution in [2.45, 2.75) is 59.0 Å². The van der Waals surface area contributed by atoms with Crippen LogP contribution in [0.15, 0.2) is 78.9 Å². The number of nitrogens with zero attached hydrogens (tertiary/aromatic N) is 1. The molecule has 0 unspecified atom stereocenters. The number of nitrogens with one attached hydrogen (secondary N) is 1. The van der Waals surface area contributed by atoms with Gasteiger partial charge in [-0.1, -0.05) is 96.9 Å². The minimum Gasteiger partial charge on any atom is -0.354 e. The summed E-state index contributed by atoms with van der Waals surface area (Å²) in [6.07, 6.45) is 2.35. The molecule has 0 saturated heterocycles. The normalized spacial score (nSPS) is 11.6. The van der Waals surface area contributed by atoms with Gasteiger partial charge in [0.1, 0.15) is 6.04 Å². The summed E-state index contributed by atoms with van der Waals surface area (Å²) in [4.78, 5) is 28.7. The van der Waals surface area contributed by atoms with Crippen molar-refractivity contribution in [1.29, 1.82) is 0 Å². The van der Waals surface area contributed by atoms with Crippen molar-refractivity contribution < 1.29 is 9.59 Å². The predicted octanol–water partition coefficient (Wildman–Crippen LogP) is 5.40. The van der Waals surface area contributed by atoms with E-state index in [1.807, 2.05) is 68.4 Å². The van der Waals surface area contributed by atoms with Gasteiger partial charge < -0.3 is 10.2 Å². The van der Waals surface area contributed by atoms with Crippen LogP contribution in [0, 0.1) is 13.8 Å². The highest BCUT2D eigenvalue weighted by molar-refractivity contribution is 5.88. The molecule has 0 aromatic heterocycles. The van der Waals surface area contributed by atoms with Crippen LogP contribution in [0.3, 0.4) is 0 Å². The highest BCUT2D eigenvalue weighted by atomic mass is 16.2. The van der Waals surface area contributed by atoms with E-state index < -0.39 is 6.04 Å².